The zero-order valence-electron chi connectivity index (χ0n) is 13.0. The Morgan fingerprint density at radius 2 is 1.85 bits per heavy atom. The number of piperidine rings is 1. The fourth-order valence-corrected chi connectivity index (χ4v) is 2.93. The van der Waals surface area contributed by atoms with Crippen LogP contribution in [0.2, 0.25) is 0 Å². The van der Waals surface area contributed by atoms with Crippen molar-refractivity contribution < 1.29 is 0 Å². The lowest BCUT2D eigenvalue weighted by atomic mass is 9.92. The van der Waals surface area contributed by atoms with Gasteiger partial charge in [-0.05, 0) is 49.3 Å². The van der Waals surface area contributed by atoms with Gasteiger partial charge in [0.15, 0.2) is 0 Å². The predicted molar refractivity (Wildman–Crippen MR) is 89.4 cm³/mol. The molecule has 1 saturated heterocycles. The molecule has 1 fully saturated rings. The van der Waals surface area contributed by atoms with E-state index in [0.717, 1.165) is 13.1 Å². The molecule has 3 heteroatoms. The molecule has 0 aliphatic carbocycles. The van der Waals surface area contributed by atoms with Gasteiger partial charge in [-0.15, -0.1) is 12.4 Å². The molecule has 0 aromatic heterocycles. The van der Waals surface area contributed by atoms with Gasteiger partial charge in [-0.2, -0.15) is 0 Å². The summed E-state index contributed by atoms with van der Waals surface area (Å²) in [4.78, 5) is 2.56. The Hall–Kier alpha value is -0.570. The molecule has 2 atom stereocenters. The zero-order valence-corrected chi connectivity index (χ0v) is 13.8. The standard InChI is InChI=1S/C17H28N2.ClH/c1-13(2)16-8-6-15(7-9-16)11-19-10-4-5-17(12-19)14(3)18;/h6-9,13-14,17H,4-5,10-12,18H2,1-3H3;1H. The number of likely N-dealkylation sites (tertiary alicyclic amines) is 1. The molecule has 0 bridgehead atoms. The second-order valence-corrected chi connectivity index (χ2v) is 6.39. The van der Waals surface area contributed by atoms with Crippen LogP contribution in [0, 0.1) is 5.92 Å². The monoisotopic (exact) mass is 296 g/mol. The molecule has 20 heavy (non-hydrogen) atoms. The first-order chi connectivity index (χ1) is 9.06. The molecule has 1 aromatic carbocycles. The van der Waals surface area contributed by atoms with Crippen molar-refractivity contribution in [3.63, 3.8) is 0 Å². The first kappa shape index (κ1) is 17.5. The molecule has 1 heterocycles. The summed E-state index contributed by atoms with van der Waals surface area (Å²) in [6, 6.07) is 9.43. The molecule has 2 rings (SSSR count). The Bertz CT molecular complexity index is 386. The molecule has 0 saturated carbocycles. The Kier molecular flexibility index (Phi) is 7.01. The van der Waals surface area contributed by atoms with Crippen LogP contribution in [0.3, 0.4) is 0 Å². The van der Waals surface area contributed by atoms with Crippen molar-refractivity contribution in [2.24, 2.45) is 11.7 Å². The molecule has 0 amide bonds. The Morgan fingerprint density at radius 1 is 1.20 bits per heavy atom. The topological polar surface area (TPSA) is 29.3 Å². The SMILES string of the molecule is CC(C)c1ccc(CN2CCCC(C(C)N)C2)cc1.Cl. The smallest absolute Gasteiger partial charge is 0.0233 e. The van der Waals surface area contributed by atoms with Crippen LogP contribution in [-0.2, 0) is 6.54 Å². The van der Waals surface area contributed by atoms with Crippen molar-refractivity contribution in [2.75, 3.05) is 13.1 Å². The second kappa shape index (κ2) is 8.02. The summed E-state index contributed by atoms with van der Waals surface area (Å²) in [5.41, 5.74) is 8.90. The van der Waals surface area contributed by atoms with E-state index in [1.807, 2.05) is 0 Å². The normalized spacial score (nSPS) is 21.6. The van der Waals surface area contributed by atoms with Gasteiger partial charge < -0.3 is 5.73 Å². The number of rotatable bonds is 4. The predicted octanol–water partition coefficient (Wildman–Crippen LogP) is 3.79. The molecule has 2 nitrogen and oxygen atoms in total. The minimum absolute atomic E-state index is 0. The number of hydrogen-bond donors (Lipinski definition) is 1. The Labute approximate surface area is 130 Å². The summed E-state index contributed by atoms with van der Waals surface area (Å²) >= 11 is 0. The van der Waals surface area contributed by atoms with Gasteiger partial charge in [0.25, 0.3) is 0 Å². The van der Waals surface area contributed by atoms with Crippen LogP contribution in [0.25, 0.3) is 0 Å². The van der Waals surface area contributed by atoms with E-state index in [4.69, 9.17) is 5.73 Å². The first-order valence-corrected chi connectivity index (χ1v) is 7.63. The van der Waals surface area contributed by atoms with E-state index in [2.05, 4.69) is 49.9 Å². The van der Waals surface area contributed by atoms with Crippen LogP contribution in [0.1, 0.15) is 50.7 Å². The van der Waals surface area contributed by atoms with E-state index >= 15 is 0 Å². The highest BCUT2D eigenvalue weighted by Crippen LogP contribution is 2.21. The highest BCUT2D eigenvalue weighted by Gasteiger charge is 2.22. The van der Waals surface area contributed by atoms with E-state index < -0.39 is 0 Å². The van der Waals surface area contributed by atoms with Gasteiger partial charge in [-0.25, -0.2) is 0 Å². The van der Waals surface area contributed by atoms with Crippen LogP contribution in [0.4, 0.5) is 0 Å². The average molecular weight is 297 g/mol. The van der Waals surface area contributed by atoms with E-state index in [0.29, 0.717) is 17.9 Å². The van der Waals surface area contributed by atoms with Gasteiger partial charge in [-0.3, -0.25) is 4.90 Å². The molecule has 0 radical (unpaired) electrons. The summed E-state index contributed by atoms with van der Waals surface area (Å²) in [5.74, 6) is 1.29. The quantitative estimate of drug-likeness (QED) is 0.916. The molecule has 1 aliphatic heterocycles. The molecular weight excluding hydrogens is 268 g/mol. The van der Waals surface area contributed by atoms with Gasteiger partial charge in [-0.1, -0.05) is 38.1 Å². The fourth-order valence-electron chi connectivity index (χ4n) is 2.93. The number of nitrogens with two attached hydrogens (primary N) is 1. The van der Waals surface area contributed by atoms with Crippen molar-refractivity contribution in [3.05, 3.63) is 35.4 Å². The molecular formula is C17H29ClN2. The number of halogens is 1. The van der Waals surface area contributed by atoms with Crippen LogP contribution in [0.5, 0.6) is 0 Å². The first-order valence-electron chi connectivity index (χ1n) is 7.63. The molecule has 1 aliphatic rings. The Morgan fingerprint density at radius 3 is 2.40 bits per heavy atom. The van der Waals surface area contributed by atoms with Gasteiger partial charge >= 0.3 is 0 Å². The number of benzene rings is 1. The maximum Gasteiger partial charge on any atom is 0.0233 e. The molecule has 114 valence electrons. The summed E-state index contributed by atoms with van der Waals surface area (Å²) in [7, 11) is 0. The number of nitrogens with zero attached hydrogens (tertiary/aromatic N) is 1. The highest BCUT2D eigenvalue weighted by atomic mass is 35.5. The molecule has 2 N–H and O–H groups in total. The fraction of sp³-hybridized carbons (Fsp3) is 0.647. The molecule has 1 aromatic rings. The second-order valence-electron chi connectivity index (χ2n) is 6.39. The van der Waals surface area contributed by atoms with Crippen LogP contribution >= 0.6 is 12.4 Å². The minimum Gasteiger partial charge on any atom is -0.328 e. The molecule has 2 unspecified atom stereocenters. The van der Waals surface area contributed by atoms with Crippen molar-refractivity contribution in [3.8, 4) is 0 Å². The third-order valence-electron chi connectivity index (χ3n) is 4.34. The Balaban J connectivity index is 0.00000200. The highest BCUT2D eigenvalue weighted by molar-refractivity contribution is 5.85. The molecule has 0 spiro atoms. The number of hydrogen-bond acceptors (Lipinski definition) is 2. The summed E-state index contributed by atoms with van der Waals surface area (Å²) < 4.78 is 0. The van der Waals surface area contributed by atoms with Crippen molar-refractivity contribution >= 4 is 12.4 Å². The van der Waals surface area contributed by atoms with Gasteiger partial charge in [0.1, 0.15) is 0 Å². The lowest BCUT2D eigenvalue weighted by Gasteiger charge is -2.34. The maximum absolute atomic E-state index is 6.05. The average Bonchev–Trinajstić information content (AvgIpc) is 2.39. The van der Waals surface area contributed by atoms with Crippen molar-refractivity contribution in [1.82, 2.24) is 4.90 Å². The lowest BCUT2D eigenvalue weighted by Crippen LogP contribution is -2.41. The van der Waals surface area contributed by atoms with Crippen molar-refractivity contribution in [2.45, 2.75) is 52.1 Å². The van der Waals surface area contributed by atoms with Crippen LogP contribution in [0.15, 0.2) is 24.3 Å². The third-order valence-corrected chi connectivity index (χ3v) is 4.34. The third kappa shape index (κ3) is 4.76. The van der Waals surface area contributed by atoms with Gasteiger partial charge in [0, 0.05) is 19.1 Å². The summed E-state index contributed by atoms with van der Waals surface area (Å²) in [6.45, 7) is 10.1. The maximum atomic E-state index is 6.05. The summed E-state index contributed by atoms with van der Waals surface area (Å²) in [6.07, 6.45) is 2.58. The van der Waals surface area contributed by atoms with E-state index in [-0.39, 0.29) is 12.4 Å². The van der Waals surface area contributed by atoms with E-state index in [9.17, 15) is 0 Å². The largest absolute Gasteiger partial charge is 0.328 e. The minimum atomic E-state index is 0. The zero-order chi connectivity index (χ0) is 13.8. The van der Waals surface area contributed by atoms with E-state index in [1.54, 1.807) is 0 Å². The van der Waals surface area contributed by atoms with Crippen molar-refractivity contribution in [1.29, 1.82) is 0 Å². The summed E-state index contributed by atoms with van der Waals surface area (Å²) in [5, 5.41) is 0. The lowest BCUT2D eigenvalue weighted by molar-refractivity contribution is 0.154. The van der Waals surface area contributed by atoms with Crippen LogP contribution in [-0.4, -0.2) is 24.0 Å². The van der Waals surface area contributed by atoms with E-state index in [1.165, 1.54) is 30.5 Å². The van der Waals surface area contributed by atoms with Crippen LogP contribution < -0.4 is 5.73 Å². The van der Waals surface area contributed by atoms with Gasteiger partial charge in [0.05, 0.1) is 0 Å². The van der Waals surface area contributed by atoms with Gasteiger partial charge in [0.2, 0.25) is 0 Å².